The van der Waals surface area contributed by atoms with Crippen LogP contribution in [0, 0.1) is 12.3 Å². The number of para-hydroxylation sites is 1. The lowest BCUT2D eigenvalue weighted by Crippen LogP contribution is -2.24. The summed E-state index contributed by atoms with van der Waals surface area (Å²) >= 11 is 0. The number of nitrogen functional groups attached to an aromatic ring is 1. The molecule has 4 aromatic rings. The number of benzene rings is 3. The number of hydrogen-bond donors (Lipinski definition) is 3. The summed E-state index contributed by atoms with van der Waals surface area (Å²) in [5, 5.41) is 11.8. The zero-order valence-corrected chi connectivity index (χ0v) is 22.6. The minimum Gasteiger partial charge on any atom is -0.456 e. The van der Waals surface area contributed by atoms with Crippen LogP contribution in [-0.4, -0.2) is 17.3 Å². The molecule has 0 saturated heterocycles. The number of ether oxygens (including phenoxy) is 1. The quantitative estimate of drug-likeness (QED) is 0.148. The molecule has 0 radical (unpaired) electrons. The second-order valence-corrected chi connectivity index (χ2v) is 10.5. The summed E-state index contributed by atoms with van der Waals surface area (Å²) in [5.41, 5.74) is 10.6. The predicted octanol–water partition coefficient (Wildman–Crippen LogP) is 6.87. The van der Waals surface area contributed by atoms with Crippen LogP contribution in [0.4, 0.5) is 11.4 Å². The highest BCUT2D eigenvalue weighted by Gasteiger charge is 2.22. The Balaban J connectivity index is 1.78. The molecule has 0 bridgehead atoms. The first-order valence-electron chi connectivity index (χ1n) is 12.5. The third kappa shape index (κ3) is 5.62. The van der Waals surface area contributed by atoms with Gasteiger partial charge in [-0.05, 0) is 71.4 Å². The molecule has 1 heterocycles. The molecule has 7 nitrogen and oxygen atoms in total. The molecule has 0 aliphatic carbocycles. The lowest BCUT2D eigenvalue weighted by atomic mass is 9.99. The van der Waals surface area contributed by atoms with Crippen molar-refractivity contribution in [3.05, 3.63) is 93.1 Å². The highest BCUT2D eigenvalue weighted by atomic mass is 16.6. The normalized spacial score (nSPS) is 12.3. The SMILES string of the molecule is CC(=N)c1ccc(-c2cc(=O)c3cc(C)cc(C(C)Nc4ccccc4C(=O)OC(C)(C)C)c3o2)cc1N. The Labute approximate surface area is 222 Å². The van der Waals surface area contributed by atoms with E-state index in [2.05, 4.69) is 5.32 Å². The lowest BCUT2D eigenvalue weighted by molar-refractivity contribution is 0.00706. The van der Waals surface area contributed by atoms with E-state index in [-0.39, 0.29) is 11.5 Å². The Kier molecular flexibility index (Phi) is 7.14. The van der Waals surface area contributed by atoms with Crippen molar-refractivity contribution < 1.29 is 13.9 Å². The average Bonchev–Trinajstić information content (AvgIpc) is 2.82. The Morgan fingerprint density at radius 3 is 2.42 bits per heavy atom. The van der Waals surface area contributed by atoms with Crippen molar-refractivity contribution in [3.63, 3.8) is 0 Å². The molecule has 0 fully saturated rings. The van der Waals surface area contributed by atoms with E-state index >= 15 is 0 Å². The van der Waals surface area contributed by atoms with Gasteiger partial charge in [0, 0.05) is 39.8 Å². The van der Waals surface area contributed by atoms with Gasteiger partial charge in [0.25, 0.3) is 0 Å². The summed E-state index contributed by atoms with van der Waals surface area (Å²) in [6.07, 6.45) is 0. The van der Waals surface area contributed by atoms with Crippen LogP contribution in [-0.2, 0) is 4.74 Å². The summed E-state index contributed by atoms with van der Waals surface area (Å²) in [7, 11) is 0. The second-order valence-electron chi connectivity index (χ2n) is 10.5. The first kappa shape index (κ1) is 26.7. The number of esters is 1. The fraction of sp³-hybridized carbons (Fsp3) is 0.258. The van der Waals surface area contributed by atoms with Gasteiger partial charge in [-0.1, -0.05) is 30.3 Å². The summed E-state index contributed by atoms with van der Waals surface area (Å²) < 4.78 is 11.9. The molecule has 1 aromatic heterocycles. The number of carbonyl (C=O) groups excluding carboxylic acids is 1. The van der Waals surface area contributed by atoms with E-state index in [4.69, 9.17) is 20.3 Å². The molecule has 7 heteroatoms. The maximum absolute atomic E-state index is 13.2. The summed E-state index contributed by atoms with van der Waals surface area (Å²) in [6, 6.07) is 17.4. The van der Waals surface area contributed by atoms with Crippen molar-refractivity contribution in [1.82, 2.24) is 0 Å². The lowest BCUT2D eigenvalue weighted by Gasteiger charge is -2.23. The number of nitrogens with one attached hydrogen (secondary N) is 2. The number of rotatable bonds is 6. The van der Waals surface area contributed by atoms with Gasteiger partial charge in [0.1, 0.15) is 16.9 Å². The van der Waals surface area contributed by atoms with Crippen LogP contribution in [0.1, 0.15) is 67.7 Å². The average molecular weight is 512 g/mol. The monoisotopic (exact) mass is 511 g/mol. The minimum absolute atomic E-state index is 0.168. The Bertz CT molecular complexity index is 1610. The third-order valence-electron chi connectivity index (χ3n) is 6.13. The fourth-order valence-corrected chi connectivity index (χ4v) is 4.39. The van der Waals surface area contributed by atoms with E-state index in [1.165, 1.54) is 6.07 Å². The van der Waals surface area contributed by atoms with E-state index < -0.39 is 11.6 Å². The molecule has 38 heavy (non-hydrogen) atoms. The standard InChI is InChI=1S/C31H33N3O4/c1-17-13-23(19(3)34-26-10-8-7-9-22(26)30(36)38-31(4,5)6)29-24(14-17)27(35)16-28(37-29)20-11-12-21(18(2)32)25(33)15-20/h7-16,19,32,34H,33H2,1-6H3. The van der Waals surface area contributed by atoms with E-state index in [0.29, 0.717) is 50.5 Å². The molecule has 0 amide bonds. The van der Waals surface area contributed by atoms with Gasteiger partial charge in [-0.25, -0.2) is 4.79 Å². The van der Waals surface area contributed by atoms with Gasteiger partial charge < -0.3 is 25.6 Å². The van der Waals surface area contributed by atoms with Crippen LogP contribution in [0.15, 0.2) is 69.9 Å². The summed E-state index contributed by atoms with van der Waals surface area (Å²) in [5.74, 6) is -0.0354. The molecule has 3 aromatic carbocycles. The van der Waals surface area contributed by atoms with Crippen molar-refractivity contribution in [2.45, 2.75) is 53.2 Å². The molecule has 4 rings (SSSR count). The second kappa shape index (κ2) is 10.2. The van der Waals surface area contributed by atoms with Crippen LogP contribution in [0.25, 0.3) is 22.3 Å². The van der Waals surface area contributed by atoms with E-state index in [0.717, 1.165) is 11.1 Å². The maximum atomic E-state index is 13.2. The first-order chi connectivity index (χ1) is 17.8. The maximum Gasteiger partial charge on any atom is 0.340 e. The number of fused-ring (bicyclic) bond motifs is 1. The van der Waals surface area contributed by atoms with E-state index in [1.54, 1.807) is 37.3 Å². The zero-order chi connectivity index (χ0) is 27.8. The van der Waals surface area contributed by atoms with Crippen molar-refractivity contribution >= 4 is 34.0 Å². The van der Waals surface area contributed by atoms with Gasteiger partial charge in [-0.3, -0.25) is 4.79 Å². The van der Waals surface area contributed by atoms with Crippen LogP contribution >= 0.6 is 0 Å². The topological polar surface area (TPSA) is 118 Å². The number of carbonyl (C=O) groups is 1. The predicted molar refractivity (Wildman–Crippen MR) is 153 cm³/mol. The largest absolute Gasteiger partial charge is 0.456 e. The number of anilines is 2. The highest BCUT2D eigenvalue weighted by Crippen LogP contribution is 2.32. The van der Waals surface area contributed by atoms with Gasteiger partial charge in [0.15, 0.2) is 5.43 Å². The van der Waals surface area contributed by atoms with Crippen LogP contribution in [0.5, 0.6) is 0 Å². The molecule has 1 unspecified atom stereocenters. The molecular formula is C31H33N3O4. The van der Waals surface area contributed by atoms with Crippen LogP contribution in [0.2, 0.25) is 0 Å². The Morgan fingerprint density at radius 1 is 1.05 bits per heavy atom. The van der Waals surface area contributed by atoms with Gasteiger partial charge >= 0.3 is 5.97 Å². The van der Waals surface area contributed by atoms with E-state index in [1.807, 2.05) is 58.9 Å². The number of hydrogen-bond acceptors (Lipinski definition) is 7. The zero-order valence-electron chi connectivity index (χ0n) is 22.6. The van der Waals surface area contributed by atoms with Crippen LogP contribution in [0.3, 0.4) is 0 Å². The minimum atomic E-state index is -0.624. The van der Waals surface area contributed by atoms with Crippen molar-refractivity contribution in [2.75, 3.05) is 11.1 Å². The number of aryl methyl sites for hydroxylation is 1. The molecule has 4 N–H and O–H groups in total. The Hall–Kier alpha value is -4.39. The molecule has 0 spiro atoms. The molecule has 0 saturated carbocycles. The van der Waals surface area contributed by atoms with Gasteiger partial charge in [0.05, 0.1) is 17.0 Å². The molecule has 1 atom stereocenters. The molecule has 0 aliphatic rings. The van der Waals surface area contributed by atoms with Crippen molar-refractivity contribution in [2.24, 2.45) is 0 Å². The molecule has 0 aliphatic heterocycles. The molecular weight excluding hydrogens is 478 g/mol. The number of nitrogens with two attached hydrogens (primary N) is 1. The van der Waals surface area contributed by atoms with Crippen molar-refractivity contribution in [1.29, 1.82) is 5.41 Å². The fourth-order valence-electron chi connectivity index (χ4n) is 4.39. The van der Waals surface area contributed by atoms with Crippen molar-refractivity contribution in [3.8, 4) is 11.3 Å². The first-order valence-corrected chi connectivity index (χ1v) is 12.5. The summed E-state index contributed by atoms with van der Waals surface area (Å²) in [4.78, 5) is 26.0. The van der Waals surface area contributed by atoms with E-state index in [9.17, 15) is 9.59 Å². The highest BCUT2D eigenvalue weighted by molar-refractivity contribution is 6.01. The van der Waals surface area contributed by atoms with Crippen LogP contribution < -0.4 is 16.5 Å². The van der Waals surface area contributed by atoms with Gasteiger partial charge in [0.2, 0.25) is 0 Å². The van der Waals surface area contributed by atoms with Gasteiger partial charge in [-0.2, -0.15) is 0 Å². The smallest absolute Gasteiger partial charge is 0.340 e. The molecule has 196 valence electrons. The third-order valence-corrected chi connectivity index (χ3v) is 6.13. The Morgan fingerprint density at radius 2 is 1.76 bits per heavy atom. The van der Waals surface area contributed by atoms with Gasteiger partial charge in [-0.15, -0.1) is 0 Å². The summed E-state index contributed by atoms with van der Waals surface area (Å²) in [6.45, 7) is 11.0.